The summed E-state index contributed by atoms with van der Waals surface area (Å²) < 4.78 is 0.999. The lowest BCUT2D eigenvalue weighted by Gasteiger charge is -2.08. The molecule has 0 aliphatic rings. The highest BCUT2D eigenvalue weighted by Crippen LogP contribution is 2.20. The van der Waals surface area contributed by atoms with E-state index in [0.29, 0.717) is 16.6 Å². The smallest absolute Gasteiger partial charge is 0.126 e. The monoisotopic (exact) mass is 344 g/mol. The molecule has 1 heterocycles. The summed E-state index contributed by atoms with van der Waals surface area (Å²) in [6.07, 6.45) is 0. The molecule has 0 unspecified atom stereocenters. The number of hydrogen-bond acceptors (Lipinski definition) is 2. The van der Waals surface area contributed by atoms with Crippen molar-refractivity contribution in [2.75, 3.05) is 5.32 Å². The standard InChI is InChI=1S/C13H11BrCl2N2/c1-8-12(14)2-3-13(18-8)17-7-9-4-10(15)6-11(16)5-9/h2-6H,7H2,1H3,(H,17,18). The predicted molar refractivity (Wildman–Crippen MR) is 80.5 cm³/mol. The van der Waals surface area contributed by atoms with E-state index in [9.17, 15) is 0 Å². The van der Waals surface area contributed by atoms with E-state index in [-0.39, 0.29) is 0 Å². The molecule has 1 aromatic heterocycles. The molecule has 5 heteroatoms. The summed E-state index contributed by atoms with van der Waals surface area (Å²) in [6.45, 7) is 2.58. The van der Waals surface area contributed by atoms with Crippen molar-refractivity contribution < 1.29 is 0 Å². The summed E-state index contributed by atoms with van der Waals surface area (Å²) in [4.78, 5) is 4.41. The van der Waals surface area contributed by atoms with Crippen LogP contribution in [0, 0.1) is 6.92 Å². The molecular weight excluding hydrogens is 335 g/mol. The lowest BCUT2D eigenvalue weighted by molar-refractivity contribution is 1.08. The van der Waals surface area contributed by atoms with Gasteiger partial charge in [0.2, 0.25) is 0 Å². The van der Waals surface area contributed by atoms with Crippen LogP contribution in [-0.2, 0) is 6.54 Å². The molecule has 0 spiro atoms. The number of pyridine rings is 1. The van der Waals surface area contributed by atoms with Crippen molar-refractivity contribution in [2.45, 2.75) is 13.5 Å². The van der Waals surface area contributed by atoms with Gasteiger partial charge in [0.25, 0.3) is 0 Å². The van der Waals surface area contributed by atoms with E-state index in [1.807, 2.05) is 31.2 Å². The maximum Gasteiger partial charge on any atom is 0.126 e. The molecule has 0 atom stereocenters. The molecule has 2 nitrogen and oxygen atoms in total. The second kappa shape index (κ2) is 5.91. The van der Waals surface area contributed by atoms with Gasteiger partial charge in [0.15, 0.2) is 0 Å². The first-order valence-electron chi connectivity index (χ1n) is 5.36. The van der Waals surface area contributed by atoms with E-state index < -0.39 is 0 Å². The maximum absolute atomic E-state index is 5.94. The van der Waals surface area contributed by atoms with Crippen LogP contribution in [0.1, 0.15) is 11.3 Å². The van der Waals surface area contributed by atoms with Crippen molar-refractivity contribution in [2.24, 2.45) is 0 Å². The molecule has 0 radical (unpaired) electrons. The summed E-state index contributed by atoms with van der Waals surface area (Å²) in [5.74, 6) is 0.826. The molecule has 0 saturated heterocycles. The van der Waals surface area contributed by atoms with Gasteiger partial charge in [0, 0.05) is 21.1 Å². The van der Waals surface area contributed by atoms with Gasteiger partial charge in [-0.05, 0) is 58.7 Å². The van der Waals surface area contributed by atoms with Crippen LogP contribution in [0.15, 0.2) is 34.8 Å². The van der Waals surface area contributed by atoms with Crippen LogP contribution >= 0.6 is 39.1 Å². The molecule has 0 bridgehead atoms. The van der Waals surface area contributed by atoms with E-state index >= 15 is 0 Å². The number of halogens is 3. The van der Waals surface area contributed by atoms with Gasteiger partial charge in [-0.15, -0.1) is 0 Å². The van der Waals surface area contributed by atoms with Gasteiger partial charge < -0.3 is 5.32 Å². The van der Waals surface area contributed by atoms with Crippen LogP contribution in [0.3, 0.4) is 0 Å². The molecule has 0 amide bonds. The average molecular weight is 346 g/mol. The molecule has 2 aromatic rings. The second-order valence-corrected chi connectivity index (χ2v) is 5.62. The minimum absolute atomic E-state index is 0.633. The topological polar surface area (TPSA) is 24.9 Å². The molecular formula is C13H11BrCl2N2. The van der Waals surface area contributed by atoms with Crippen LogP contribution in [0.4, 0.5) is 5.82 Å². The SMILES string of the molecule is Cc1nc(NCc2cc(Cl)cc(Cl)c2)ccc1Br. The zero-order valence-corrected chi connectivity index (χ0v) is 12.8. The first-order chi connectivity index (χ1) is 8.54. The molecule has 94 valence electrons. The molecule has 2 rings (SSSR count). The second-order valence-electron chi connectivity index (χ2n) is 3.89. The Morgan fingerprint density at radius 3 is 2.44 bits per heavy atom. The van der Waals surface area contributed by atoms with E-state index in [0.717, 1.165) is 21.5 Å². The highest BCUT2D eigenvalue weighted by Gasteiger charge is 2.01. The van der Waals surface area contributed by atoms with Crippen molar-refractivity contribution >= 4 is 44.9 Å². The van der Waals surface area contributed by atoms with Crippen molar-refractivity contribution in [3.8, 4) is 0 Å². The zero-order valence-electron chi connectivity index (χ0n) is 9.67. The fourth-order valence-electron chi connectivity index (χ4n) is 1.55. The van der Waals surface area contributed by atoms with Crippen LogP contribution in [-0.4, -0.2) is 4.98 Å². The fourth-order valence-corrected chi connectivity index (χ4v) is 2.34. The van der Waals surface area contributed by atoms with Gasteiger partial charge in [-0.25, -0.2) is 4.98 Å². The molecule has 0 fully saturated rings. The molecule has 0 saturated carbocycles. The number of aryl methyl sites for hydroxylation is 1. The van der Waals surface area contributed by atoms with Gasteiger partial charge in [-0.3, -0.25) is 0 Å². The van der Waals surface area contributed by atoms with Crippen LogP contribution in [0.5, 0.6) is 0 Å². The number of anilines is 1. The Bertz CT molecular complexity index is 553. The third-order valence-electron chi connectivity index (χ3n) is 2.42. The Kier molecular flexibility index (Phi) is 4.49. The Balaban J connectivity index is 2.08. The number of nitrogens with zero attached hydrogens (tertiary/aromatic N) is 1. The summed E-state index contributed by atoms with van der Waals surface area (Å²) in [7, 11) is 0. The van der Waals surface area contributed by atoms with Gasteiger partial charge >= 0.3 is 0 Å². The van der Waals surface area contributed by atoms with Crippen molar-refractivity contribution in [1.29, 1.82) is 0 Å². The predicted octanol–water partition coefficient (Wildman–Crippen LogP) is 5.07. The van der Waals surface area contributed by atoms with E-state index in [4.69, 9.17) is 23.2 Å². The zero-order chi connectivity index (χ0) is 13.1. The van der Waals surface area contributed by atoms with Crippen molar-refractivity contribution in [3.05, 3.63) is 56.1 Å². The maximum atomic E-state index is 5.94. The van der Waals surface area contributed by atoms with Gasteiger partial charge in [0.1, 0.15) is 5.82 Å². The minimum Gasteiger partial charge on any atom is -0.366 e. The number of aromatic nitrogens is 1. The fraction of sp³-hybridized carbons (Fsp3) is 0.154. The van der Waals surface area contributed by atoms with Crippen LogP contribution in [0.25, 0.3) is 0 Å². The van der Waals surface area contributed by atoms with Crippen molar-refractivity contribution in [3.63, 3.8) is 0 Å². The van der Waals surface area contributed by atoms with E-state index in [1.54, 1.807) is 6.07 Å². The normalized spacial score (nSPS) is 10.4. The van der Waals surface area contributed by atoms with E-state index in [2.05, 4.69) is 26.2 Å². The van der Waals surface area contributed by atoms with Crippen LogP contribution in [0.2, 0.25) is 10.0 Å². The Hall–Kier alpha value is -0.770. The molecule has 0 aliphatic heterocycles. The summed E-state index contributed by atoms with van der Waals surface area (Å²) in [6, 6.07) is 9.37. The first kappa shape index (κ1) is 13.7. The van der Waals surface area contributed by atoms with Crippen LogP contribution < -0.4 is 5.32 Å². The molecule has 18 heavy (non-hydrogen) atoms. The Morgan fingerprint density at radius 2 is 1.83 bits per heavy atom. The number of rotatable bonds is 3. The quantitative estimate of drug-likeness (QED) is 0.839. The lowest BCUT2D eigenvalue weighted by Crippen LogP contribution is -2.02. The number of nitrogens with one attached hydrogen (secondary N) is 1. The Labute approximate surface area is 124 Å². The van der Waals surface area contributed by atoms with Gasteiger partial charge in [-0.1, -0.05) is 23.2 Å². The van der Waals surface area contributed by atoms with Crippen molar-refractivity contribution in [1.82, 2.24) is 4.98 Å². The summed E-state index contributed by atoms with van der Waals surface area (Å²) in [5.41, 5.74) is 1.97. The molecule has 1 N–H and O–H groups in total. The Morgan fingerprint density at radius 1 is 1.17 bits per heavy atom. The van der Waals surface area contributed by atoms with Gasteiger partial charge in [-0.2, -0.15) is 0 Å². The third-order valence-corrected chi connectivity index (χ3v) is 3.69. The number of benzene rings is 1. The largest absolute Gasteiger partial charge is 0.366 e. The average Bonchev–Trinajstić information content (AvgIpc) is 2.29. The lowest BCUT2D eigenvalue weighted by atomic mass is 10.2. The number of hydrogen-bond donors (Lipinski definition) is 1. The summed E-state index contributed by atoms with van der Waals surface area (Å²) in [5, 5.41) is 4.51. The highest BCUT2D eigenvalue weighted by molar-refractivity contribution is 9.10. The minimum atomic E-state index is 0.633. The van der Waals surface area contributed by atoms with Gasteiger partial charge in [0.05, 0.1) is 5.69 Å². The van der Waals surface area contributed by atoms with E-state index in [1.165, 1.54) is 0 Å². The molecule has 1 aromatic carbocycles. The summed E-state index contributed by atoms with van der Waals surface area (Å²) >= 11 is 15.3. The highest BCUT2D eigenvalue weighted by atomic mass is 79.9. The first-order valence-corrected chi connectivity index (χ1v) is 6.91. The molecule has 0 aliphatic carbocycles. The third kappa shape index (κ3) is 3.61.